The summed E-state index contributed by atoms with van der Waals surface area (Å²) in [6, 6.07) is -1.17. The average Bonchev–Trinajstić information content (AvgIpc) is 3.07. The van der Waals surface area contributed by atoms with Crippen LogP contribution in [0.15, 0.2) is 29.8 Å². The van der Waals surface area contributed by atoms with Crippen LogP contribution in [-0.4, -0.2) is 52.9 Å². The normalized spacial score (nSPS) is 28.3. The SMILES string of the molecule is C=CCOC(=O)[C@@H]1N2C(=O)/C(=C\c3nccs3)[C@H]2S(=O)(=O)C1(C)C. The highest BCUT2D eigenvalue weighted by atomic mass is 32.2. The topological polar surface area (TPSA) is 93.6 Å². The summed E-state index contributed by atoms with van der Waals surface area (Å²) >= 11 is 1.30. The van der Waals surface area contributed by atoms with Crippen LogP contribution in [0.3, 0.4) is 0 Å². The molecule has 24 heavy (non-hydrogen) atoms. The van der Waals surface area contributed by atoms with Gasteiger partial charge in [-0.25, -0.2) is 18.2 Å². The number of hydrogen-bond acceptors (Lipinski definition) is 7. The van der Waals surface area contributed by atoms with E-state index in [0.717, 1.165) is 4.90 Å². The van der Waals surface area contributed by atoms with Crippen LogP contribution in [0, 0.1) is 0 Å². The van der Waals surface area contributed by atoms with Gasteiger partial charge in [0.25, 0.3) is 5.91 Å². The predicted molar refractivity (Wildman–Crippen MR) is 88.7 cm³/mol. The second-order valence-electron chi connectivity index (χ2n) is 6.00. The number of aromatic nitrogens is 1. The third kappa shape index (κ3) is 2.15. The monoisotopic (exact) mass is 368 g/mol. The Labute approximate surface area is 143 Å². The second-order valence-corrected chi connectivity index (χ2v) is 9.52. The van der Waals surface area contributed by atoms with Gasteiger partial charge in [0, 0.05) is 11.6 Å². The number of esters is 1. The van der Waals surface area contributed by atoms with Gasteiger partial charge in [0.05, 0.1) is 5.57 Å². The van der Waals surface area contributed by atoms with Crippen molar-refractivity contribution < 1.29 is 22.7 Å². The third-order valence-electron chi connectivity index (χ3n) is 4.26. The van der Waals surface area contributed by atoms with Crippen molar-refractivity contribution >= 4 is 39.1 Å². The molecule has 2 aliphatic heterocycles. The molecule has 1 amide bonds. The molecule has 0 N–H and O–H groups in total. The van der Waals surface area contributed by atoms with Crippen molar-refractivity contribution in [2.75, 3.05) is 6.61 Å². The Morgan fingerprint density at radius 2 is 2.25 bits per heavy atom. The van der Waals surface area contributed by atoms with Gasteiger partial charge in [0.2, 0.25) is 0 Å². The molecule has 0 unspecified atom stereocenters. The van der Waals surface area contributed by atoms with Gasteiger partial charge in [-0.15, -0.1) is 11.3 Å². The Bertz CT molecular complexity index is 839. The fourth-order valence-corrected chi connectivity index (χ4v) is 5.68. The number of rotatable bonds is 4. The number of amides is 1. The summed E-state index contributed by atoms with van der Waals surface area (Å²) in [5.41, 5.74) is 0.136. The zero-order valence-electron chi connectivity index (χ0n) is 13.1. The molecule has 0 radical (unpaired) electrons. The van der Waals surface area contributed by atoms with Crippen molar-refractivity contribution in [3.63, 3.8) is 0 Å². The molecule has 1 aromatic rings. The maximum Gasteiger partial charge on any atom is 0.330 e. The van der Waals surface area contributed by atoms with E-state index in [1.54, 1.807) is 11.6 Å². The highest BCUT2D eigenvalue weighted by Crippen LogP contribution is 2.49. The Hall–Kier alpha value is -2.00. The zero-order chi connectivity index (χ0) is 17.7. The van der Waals surface area contributed by atoms with E-state index in [-0.39, 0.29) is 12.2 Å². The molecule has 3 rings (SSSR count). The molecule has 2 fully saturated rings. The fraction of sp³-hybridized carbons (Fsp3) is 0.400. The molecule has 1 aromatic heterocycles. The molecule has 0 saturated carbocycles. The summed E-state index contributed by atoms with van der Waals surface area (Å²) < 4.78 is 29.3. The number of sulfone groups is 1. The van der Waals surface area contributed by atoms with E-state index in [1.807, 2.05) is 0 Å². The van der Waals surface area contributed by atoms with Crippen LogP contribution in [0.1, 0.15) is 18.9 Å². The lowest BCUT2D eigenvalue weighted by Gasteiger charge is -2.38. The summed E-state index contributed by atoms with van der Waals surface area (Å²) in [6.45, 7) is 6.29. The summed E-state index contributed by atoms with van der Waals surface area (Å²) in [5.74, 6) is -1.22. The van der Waals surface area contributed by atoms with Gasteiger partial charge in [-0.2, -0.15) is 0 Å². The van der Waals surface area contributed by atoms with Crippen molar-refractivity contribution in [1.82, 2.24) is 9.88 Å². The van der Waals surface area contributed by atoms with Crippen molar-refractivity contribution in [2.24, 2.45) is 0 Å². The highest BCUT2D eigenvalue weighted by Gasteiger charge is 2.70. The first-order chi connectivity index (χ1) is 11.2. The van der Waals surface area contributed by atoms with Crippen LogP contribution in [-0.2, 0) is 24.2 Å². The molecule has 2 aliphatic rings. The smallest absolute Gasteiger partial charge is 0.330 e. The van der Waals surface area contributed by atoms with Crippen LogP contribution in [0.4, 0.5) is 0 Å². The van der Waals surface area contributed by atoms with Crippen LogP contribution >= 0.6 is 11.3 Å². The Balaban J connectivity index is 2.02. The summed E-state index contributed by atoms with van der Waals surface area (Å²) in [5, 5.41) is 1.14. The van der Waals surface area contributed by atoms with Crippen molar-refractivity contribution in [2.45, 2.75) is 30.0 Å². The molecule has 2 atom stereocenters. The largest absolute Gasteiger partial charge is 0.460 e. The molecule has 0 aromatic carbocycles. The number of hydrogen-bond donors (Lipinski definition) is 0. The quantitative estimate of drug-likeness (QED) is 0.341. The highest BCUT2D eigenvalue weighted by molar-refractivity contribution is 7.94. The molecule has 0 aliphatic carbocycles. The Kier molecular flexibility index (Phi) is 3.88. The van der Waals surface area contributed by atoms with E-state index in [9.17, 15) is 18.0 Å². The summed E-state index contributed by atoms with van der Waals surface area (Å²) in [6.07, 6.45) is 4.43. The minimum atomic E-state index is -3.78. The van der Waals surface area contributed by atoms with Crippen LogP contribution in [0.25, 0.3) is 6.08 Å². The van der Waals surface area contributed by atoms with E-state index < -0.39 is 37.9 Å². The summed E-state index contributed by atoms with van der Waals surface area (Å²) in [4.78, 5) is 29.9. The predicted octanol–water partition coefficient (Wildman–Crippen LogP) is 1.000. The molecule has 0 bridgehead atoms. The zero-order valence-corrected chi connectivity index (χ0v) is 14.8. The van der Waals surface area contributed by atoms with E-state index in [4.69, 9.17) is 4.74 Å². The Morgan fingerprint density at radius 1 is 1.54 bits per heavy atom. The average molecular weight is 368 g/mol. The number of carbonyl (C=O) groups is 2. The maximum absolute atomic E-state index is 12.9. The first kappa shape index (κ1) is 16.8. The minimum absolute atomic E-state index is 0.0417. The number of fused-ring (bicyclic) bond motifs is 1. The lowest BCUT2D eigenvalue weighted by Crippen LogP contribution is -2.59. The lowest BCUT2D eigenvalue weighted by atomic mass is 9.95. The standard InChI is InChI=1S/C15H16N2O5S2/c1-4-6-22-14(19)11-15(2,3)24(20,21)13-9(12(18)17(11)13)8-10-16-5-7-23-10/h4-5,7-8,11,13H,1,6H2,2-3H3/b9-8+/t11-,13+/m0/s1. The van der Waals surface area contributed by atoms with Gasteiger partial charge in [0.1, 0.15) is 16.4 Å². The number of carbonyl (C=O) groups excluding carboxylic acids is 2. The molecular formula is C15H16N2O5S2. The maximum atomic E-state index is 12.9. The number of ether oxygens (including phenoxy) is 1. The molecule has 9 heteroatoms. The van der Waals surface area contributed by atoms with Gasteiger partial charge in [-0.3, -0.25) is 4.79 Å². The minimum Gasteiger partial charge on any atom is -0.460 e. The molecule has 3 heterocycles. The van der Waals surface area contributed by atoms with Crippen LogP contribution in [0.2, 0.25) is 0 Å². The van der Waals surface area contributed by atoms with E-state index in [0.29, 0.717) is 5.01 Å². The van der Waals surface area contributed by atoms with E-state index in [1.165, 1.54) is 37.3 Å². The lowest BCUT2D eigenvalue weighted by molar-refractivity contribution is -0.156. The fourth-order valence-electron chi connectivity index (χ4n) is 2.98. The van der Waals surface area contributed by atoms with Crippen molar-refractivity contribution in [3.8, 4) is 0 Å². The van der Waals surface area contributed by atoms with Gasteiger partial charge in [0.15, 0.2) is 21.3 Å². The second kappa shape index (κ2) is 5.52. The van der Waals surface area contributed by atoms with Gasteiger partial charge in [-0.1, -0.05) is 12.7 Å². The van der Waals surface area contributed by atoms with Gasteiger partial charge < -0.3 is 9.64 Å². The third-order valence-corrected chi connectivity index (χ3v) is 7.74. The van der Waals surface area contributed by atoms with Crippen LogP contribution < -0.4 is 0 Å². The van der Waals surface area contributed by atoms with Crippen molar-refractivity contribution in [3.05, 3.63) is 34.8 Å². The number of nitrogens with zero attached hydrogens (tertiary/aromatic N) is 2. The van der Waals surface area contributed by atoms with Crippen LogP contribution in [0.5, 0.6) is 0 Å². The number of β-lactam (4-membered cyclic amide) rings is 1. The summed E-state index contributed by atoms with van der Waals surface area (Å²) in [7, 11) is -3.78. The van der Waals surface area contributed by atoms with Gasteiger partial charge in [-0.05, 0) is 19.9 Å². The van der Waals surface area contributed by atoms with Gasteiger partial charge >= 0.3 is 5.97 Å². The number of thiazole rings is 1. The van der Waals surface area contributed by atoms with E-state index in [2.05, 4.69) is 11.6 Å². The first-order valence-electron chi connectivity index (χ1n) is 7.18. The molecule has 128 valence electrons. The first-order valence-corrected chi connectivity index (χ1v) is 9.61. The molecule has 0 spiro atoms. The van der Waals surface area contributed by atoms with Crippen molar-refractivity contribution in [1.29, 1.82) is 0 Å². The molecule has 2 saturated heterocycles. The molecule has 7 nitrogen and oxygen atoms in total. The molecular weight excluding hydrogens is 352 g/mol. The Morgan fingerprint density at radius 3 is 2.83 bits per heavy atom. The van der Waals surface area contributed by atoms with E-state index >= 15 is 0 Å².